The summed E-state index contributed by atoms with van der Waals surface area (Å²) < 4.78 is 0. The Balaban J connectivity index is 2.33. The second kappa shape index (κ2) is 6.33. The molecule has 2 rings (SSSR count). The lowest BCUT2D eigenvalue weighted by Gasteiger charge is -2.11. The number of rotatable bonds is 3. The van der Waals surface area contributed by atoms with Crippen molar-refractivity contribution in [3.63, 3.8) is 0 Å². The van der Waals surface area contributed by atoms with Gasteiger partial charge in [0.15, 0.2) is 0 Å². The smallest absolute Gasteiger partial charge is 0.255 e. The second-order valence-electron chi connectivity index (χ2n) is 4.91. The number of pyridine rings is 1. The van der Waals surface area contributed by atoms with Crippen LogP contribution in [0.4, 0.5) is 11.5 Å². The number of amides is 1. The van der Waals surface area contributed by atoms with E-state index in [1.54, 1.807) is 24.3 Å². The SMILES string of the molecule is CC(C)c1cc(C(=O)Nc2c(Cl)cccc2Cl)cc(N)n1. The van der Waals surface area contributed by atoms with Gasteiger partial charge in [-0.15, -0.1) is 0 Å². The molecule has 4 nitrogen and oxygen atoms in total. The molecular weight excluding hydrogens is 309 g/mol. The van der Waals surface area contributed by atoms with Crippen molar-refractivity contribution < 1.29 is 4.79 Å². The molecule has 0 aliphatic heterocycles. The summed E-state index contributed by atoms with van der Waals surface area (Å²) in [4.78, 5) is 16.5. The van der Waals surface area contributed by atoms with Crippen molar-refractivity contribution >= 4 is 40.6 Å². The van der Waals surface area contributed by atoms with Crippen LogP contribution in [0.3, 0.4) is 0 Å². The molecule has 1 amide bonds. The van der Waals surface area contributed by atoms with Gasteiger partial charge < -0.3 is 11.1 Å². The lowest BCUT2D eigenvalue weighted by molar-refractivity contribution is 0.102. The highest BCUT2D eigenvalue weighted by atomic mass is 35.5. The number of aromatic nitrogens is 1. The van der Waals surface area contributed by atoms with Crippen molar-refractivity contribution in [2.45, 2.75) is 19.8 Å². The lowest BCUT2D eigenvalue weighted by Crippen LogP contribution is -2.14. The van der Waals surface area contributed by atoms with Gasteiger partial charge in [-0.1, -0.05) is 43.1 Å². The molecule has 2 aromatic rings. The third-order valence-electron chi connectivity index (χ3n) is 2.92. The van der Waals surface area contributed by atoms with Crippen molar-refractivity contribution in [3.8, 4) is 0 Å². The van der Waals surface area contributed by atoms with E-state index in [1.807, 2.05) is 13.8 Å². The predicted molar refractivity (Wildman–Crippen MR) is 87.2 cm³/mol. The molecule has 1 heterocycles. The fraction of sp³-hybridized carbons (Fsp3) is 0.200. The molecule has 3 N–H and O–H groups in total. The maximum atomic E-state index is 12.3. The number of anilines is 2. The van der Waals surface area contributed by atoms with Crippen LogP contribution in [0, 0.1) is 0 Å². The third-order valence-corrected chi connectivity index (χ3v) is 3.55. The maximum Gasteiger partial charge on any atom is 0.255 e. The van der Waals surface area contributed by atoms with Gasteiger partial charge in [0.2, 0.25) is 0 Å². The van der Waals surface area contributed by atoms with Gasteiger partial charge in [-0.05, 0) is 30.2 Å². The van der Waals surface area contributed by atoms with Crippen molar-refractivity contribution in [2.75, 3.05) is 11.1 Å². The average Bonchev–Trinajstić information content (AvgIpc) is 2.42. The van der Waals surface area contributed by atoms with Crippen LogP contribution in [0.5, 0.6) is 0 Å². The number of para-hydroxylation sites is 1. The number of nitrogens with zero attached hydrogens (tertiary/aromatic N) is 1. The molecule has 0 unspecified atom stereocenters. The number of benzene rings is 1. The normalized spacial score (nSPS) is 10.7. The number of carbonyl (C=O) groups excluding carboxylic acids is 1. The van der Waals surface area contributed by atoms with Gasteiger partial charge >= 0.3 is 0 Å². The third kappa shape index (κ3) is 3.65. The Morgan fingerprint density at radius 2 is 1.86 bits per heavy atom. The van der Waals surface area contributed by atoms with Crippen LogP contribution < -0.4 is 11.1 Å². The molecule has 0 radical (unpaired) electrons. The highest BCUT2D eigenvalue weighted by molar-refractivity contribution is 6.40. The first kappa shape index (κ1) is 15.6. The van der Waals surface area contributed by atoms with E-state index in [2.05, 4.69) is 10.3 Å². The first-order chi connectivity index (χ1) is 9.88. The summed E-state index contributed by atoms with van der Waals surface area (Å²) in [5.74, 6) is 0.140. The Kier molecular flexibility index (Phi) is 4.70. The standard InChI is InChI=1S/C15H15Cl2N3O/c1-8(2)12-6-9(7-13(18)19-12)15(21)20-14-10(16)4-3-5-11(14)17/h3-8H,1-2H3,(H2,18,19)(H,20,21). The van der Waals surface area contributed by atoms with E-state index >= 15 is 0 Å². The molecule has 6 heteroatoms. The largest absolute Gasteiger partial charge is 0.384 e. The summed E-state index contributed by atoms with van der Waals surface area (Å²) in [7, 11) is 0. The van der Waals surface area contributed by atoms with Gasteiger partial charge in [-0.3, -0.25) is 4.79 Å². The van der Waals surface area contributed by atoms with Gasteiger partial charge in [0.1, 0.15) is 5.82 Å². The predicted octanol–water partition coefficient (Wildman–Crippen LogP) is 4.35. The molecule has 21 heavy (non-hydrogen) atoms. The maximum absolute atomic E-state index is 12.3. The minimum atomic E-state index is -0.332. The van der Waals surface area contributed by atoms with Crippen LogP contribution in [0.1, 0.15) is 35.8 Å². The summed E-state index contributed by atoms with van der Waals surface area (Å²) in [6.45, 7) is 3.96. The Morgan fingerprint density at radius 3 is 2.43 bits per heavy atom. The molecule has 0 spiro atoms. The van der Waals surface area contributed by atoms with Crippen LogP contribution in [0.15, 0.2) is 30.3 Å². The van der Waals surface area contributed by atoms with Crippen LogP contribution in [-0.2, 0) is 0 Å². The average molecular weight is 324 g/mol. The van der Waals surface area contributed by atoms with Gasteiger partial charge in [-0.25, -0.2) is 4.98 Å². The van der Waals surface area contributed by atoms with E-state index in [0.29, 0.717) is 27.1 Å². The first-order valence-corrected chi connectivity index (χ1v) is 7.17. The molecule has 0 saturated carbocycles. The van der Waals surface area contributed by atoms with E-state index in [9.17, 15) is 4.79 Å². The summed E-state index contributed by atoms with van der Waals surface area (Å²) in [5.41, 5.74) is 7.30. The number of halogens is 2. The van der Waals surface area contributed by atoms with Crippen LogP contribution in [-0.4, -0.2) is 10.9 Å². The minimum Gasteiger partial charge on any atom is -0.384 e. The number of nitrogens with two attached hydrogens (primary N) is 1. The van der Waals surface area contributed by atoms with E-state index in [4.69, 9.17) is 28.9 Å². The summed E-state index contributed by atoms with van der Waals surface area (Å²) in [6.07, 6.45) is 0. The molecule has 0 saturated heterocycles. The fourth-order valence-electron chi connectivity index (χ4n) is 1.80. The van der Waals surface area contributed by atoms with E-state index in [0.717, 1.165) is 5.69 Å². The molecule has 1 aromatic heterocycles. The summed E-state index contributed by atoms with van der Waals surface area (Å²) in [6, 6.07) is 8.25. The van der Waals surface area contributed by atoms with Gasteiger partial charge in [0, 0.05) is 11.3 Å². The Labute approximate surface area is 133 Å². The highest BCUT2D eigenvalue weighted by Crippen LogP contribution is 2.30. The lowest BCUT2D eigenvalue weighted by atomic mass is 10.1. The number of hydrogen-bond acceptors (Lipinski definition) is 3. The Bertz CT molecular complexity index is 666. The molecule has 0 fully saturated rings. The van der Waals surface area contributed by atoms with Crippen molar-refractivity contribution in [2.24, 2.45) is 0 Å². The summed E-state index contributed by atoms with van der Waals surface area (Å²) >= 11 is 12.1. The van der Waals surface area contributed by atoms with Crippen molar-refractivity contribution in [1.82, 2.24) is 4.98 Å². The monoisotopic (exact) mass is 323 g/mol. The Morgan fingerprint density at radius 1 is 1.24 bits per heavy atom. The topological polar surface area (TPSA) is 68.0 Å². The number of carbonyl (C=O) groups is 1. The first-order valence-electron chi connectivity index (χ1n) is 6.41. The van der Waals surface area contributed by atoms with Crippen LogP contribution >= 0.6 is 23.2 Å². The highest BCUT2D eigenvalue weighted by Gasteiger charge is 2.14. The molecule has 1 aromatic carbocycles. The van der Waals surface area contributed by atoms with E-state index in [1.165, 1.54) is 6.07 Å². The molecule has 0 bridgehead atoms. The summed E-state index contributed by atoms with van der Waals surface area (Å²) in [5, 5.41) is 3.46. The van der Waals surface area contributed by atoms with E-state index < -0.39 is 0 Å². The fourth-order valence-corrected chi connectivity index (χ4v) is 2.30. The number of hydrogen-bond donors (Lipinski definition) is 2. The quantitative estimate of drug-likeness (QED) is 0.882. The number of nitrogen functional groups attached to an aromatic ring is 1. The van der Waals surface area contributed by atoms with Gasteiger partial charge in [-0.2, -0.15) is 0 Å². The van der Waals surface area contributed by atoms with Crippen LogP contribution in [0.2, 0.25) is 10.0 Å². The minimum absolute atomic E-state index is 0.170. The van der Waals surface area contributed by atoms with Crippen molar-refractivity contribution in [3.05, 3.63) is 51.6 Å². The second-order valence-corrected chi connectivity index (χ2v) is 5.73. The van der Waals surface area contributed by atoms with Crippen LogP contribution in [0.25, 0.3) is 0 Å². The Hall–Kier alpha value is -1.78. The molecule has 110 valence electrons. The zero-order valence-electron chi connectivity index (χ0n) is 11.7. The zero-order chi connectivity index (χ0) is 15.6. The molecular formula is C15H15Cl2N3O. The van der Waals surface area contributed by atoms with Gasteiger partial charge in [0.25, 0.3) is 5.91 Å². The number of nitrogens with one attached hydrogen (secondary N) is 1. The molecule has 0 aliphatic rings. The zero-order valence-corrected chi connectivity index (χ0v) is 13.2. The van der Waals surface area contributed by atoms with Gasteiger partial charge in [0.05, 0.1) is 15.7 Å². The van der Waals surface area contributed by atoms with E-state index in [-0.39, 0.29) is 11.8 Å². The molecule has 0 aliphatic carbocycles. The van der Waals surface area contributed by atoms with Crippen molar-refractivity contribution in [1.29, 1.82) is 0 Å². The molecule has 0 atom stereocenters.